The summed E-state index contributed by atoms with van der Waals surface area (Å²) in [7, 11) is 0. The Morgan fingerprint density at radius 1 is 0.517 bits per heavy atom. The van der Waals surface area contributed by atoms with Gasteiger partial charge in [0.25, 0.3) is 0 Å². The second-order valence-corrected chi connectivity index (χ2v) is 15.3. The molecule has 5 nitrogen and oxygen atoms in total. The Kier molecular flexibility index (Phi) is 7.20. The average Bonchev–Trinajstić information content (AvgIpc) is 3.94. The first kappa shape index (κ1) is 32.7. The third kappa shape index (κ3) is 4.96. The molecule has 11 aromatic rings. The van der Waals surface area contributed by atoms with Crippen LogP contribution >= 0.6 is 0 Å². The number of hydrogen-bond donors (Lipinski definition) is 0. The summed E-state index contributed by atoms with van der Waals surface area (Å²) in [6.07, 6.45) is 3.04. The number of furan rings is 2. The molecule has 0 N–H and O–H groups in total. The number of amidine groups is 1. The standard InChI is InChI=1S/C53H35N3O2/c1-32-26-27-41(54-53(33-14-3-2-4-15-33)55-52(32)39-21-13-25-47-49(39)37-19-8-11-23-45(37)57-47)51-43(28-29-48-50(51)38-20-9-12-24-46(38)58-48)56-42-22-10-7-18-36(42)40-30-34-16-5-6-17-35(34)31-44(40)56/h2-25,27-32H,26H2,1H3/b41-27+,54-53-,55-52+. The smallest absolute Gasteiger partial charge is 0.160 e. The summed E-state index contributed by atoms with van der Waals surface area (Å²) >= 11 is 0. The van der Waals surface area contributed by atoms with E-state index in [4.69, 9.17) is 18.8 Å². The van der Waals surface area contributed by atoms with Gasteiger partial charge in [-0.15, -0.1) is 0 Å². The van der Waals surface area contributed by atoms with Gasteiger partial charge in [-0.25, -0.2) is 9.98 Å². The fourth-order valence-corrected chi connectivity index (χ4v) is 9.16. The maximum Gasteiger partial charge on any atom is 0.160 e. The molecule has 4 heterocycles. The van der Waals surface area contributed by atoms with Gasteiger partial charge in [-0.05, 0) is 65.7 Å². The van der Waals surface area contributed by atoms with Crippen molar-refractivity contribution < 1.29 is 8.83 Å². The molecule has 0 aliphatic carbocycles. The number of aromatic nitrogens is 1. The molecule has 0 spiro atoms. The molecule has 12 rings (SSSR count). The number of hydrogen-bond acceptors (Lipinski definition) is 4. The molecule has 3 aromatic heterocycles. The third-order valence-electron chi connectivity index (χ3n) is 11.9. The average molecular weight is 746 g/mol. The molecular weight excluding hydrogens is 711 g/mol. The van der Waals surface area contributed by atoms with Crippen LogP contribution in [0.2, 0.25) is 0 Å². The molecule has 0 bridgehead atoms. The van der Waals surface area contributed by atoms with Gasteiger partial charge in [-0.3, -0.25) is 0 Å². The summed E-state index contributed by atoms with van der Waals surface area (Å²) in [6, 6.07) is 59.6. The van der Waals surface area contributed by atoms with Crippen molar-refractivity contribution in [2.45, 2.75) is 13.3 Å². The van der Waals surface area contributed by atoms with Gasteiger partial charge in [0.1, 0.15) is 22.3 Å². The molecule has 1 unspecified atom stereocenters. The number of allylic oxidation sites excluding steroid dienone is 1. The lowest BCUT2D eigenvalue weighted by Gasteiger charge is -2.21. The molecule has 8 aromatic carbocycles. The molecule has 0 saturated carbocycles. The van der Waals surface area contributed by atoms with Crippen molar-refractivity contribution in [2.24, 2.45) is 15.9 Å². The van der Waals surface area contributed by atoms with Crippen molar-refractivity contribution in [3.63, 3.8) is 0 Å². The van der Waals surface area contributed by atoms with Crippen LogP contribution in [0.1, 0.15) is 30.0 Å². The Hall–Kier alpha value is -7.50. The normalized spacial score (nSPS) is 17.7. The third-order valence-corrected chi connectivity index (χ3v) is 11.9. The Morgan fingerprint density at radius 3 is 1.95 bits per heavy atom. The van der Waals surface area contributed by atoms with Gasteiger partial charge in [-0.1, -0.05) is 134 Å². The summed E-state index contributed by atoms with van der Waals surface area (Å²) in [5.74, 6) is 0.703. The molecule has 0 amide bonds. The first-order chi connectivity index (χ1) is 28.7. The minimum absolute atomic E-state index is 0.0480. The first-order valence-electron chi connectivity index (χ1n) is 19.9. The monoisotopic (exact) mass is 745 g/mol. The van der Waals surface area contributed by atoms with Crippen molar-refractivity contribution in [1.82, 2.24) is 4.57 Å². The van der Waals surface area contributed by atoms with Crippen molar-refractivity contribution >= 4 is 93.7 Å². The van der Waals surface area contributed by atoms with E-state index < -0.39 is 0 Å². The zero-order chi connectivity index (χ0) is 38.3. The van der Waals surface area contributed by atoms with E-state index in [1.54, 1.807) is 0 Å². The summed E-state index contributed by atoms with van der Waals surface area (Å²) in [5, 5.41) is 9.08. The minimum atomic E-state index is 0.0480. The van der Waals surface area contributed by atoms with Crippen LogP contribution in [0, 0.1) is 5.92 Å². The summed E-state index contributed by atoms with van der Waals surface area (Å²) in [6.45, 7) is 2.27. The highest BCUT2D eigenvalue weighted by molar-refractivity contribution is 6.23. The summed E-state index contributed by atoms with van der Waals surface area (Å²) < 4.78 is 15.4. The van der Waals surface area contributed by atoms with Crippen LogP contribution in [0.5, 0.6) is 0 Å². The maximum absolute atomic E-state index is 6.60. The molecular formula is C53H35N3O2. The summed E-state index contributed by atoms with van der Waals surface area (Å²) in [5.41, 5.74) is 11.6. The Labute approximate surface area is 333 Å². The second kappa shape index (κ2) is 12.8. The van der Waals surface area contributed by atoms with Crippen LogP contribution in [-0.4, -0.2) is 16.1 Å². The molecule has 1 aliphatic rings. The lowest BCUT2D eigenvalue weighted by molar-refractivity contribution is 0.668. The van der Waals surface area contributed by atoms with E-state index in [-0.39, 0.29) is 5.92 Å². The molecule has 274 valence electrons. The maximum atomic E-state index is 6.60. The van der Waals surface area contributed by atoms with Crippen LogP contribution in [0.3, 0.4) is 0 Å². The Balaban J connectivity index is 1.17. The van der Waals surface area contributed by atoms with Crippen LogP contribution in [-0.2, 0) is 0 Å². The van der Waals surface area contributed by atoms with E-state index in [2.05, 4.69) is 157 Å². The molecule has 58 heavy (non-hydrogen) atoms. The number of nitrogens with zero attached hydrogens (tertiary/aromatic N) is 3. The van der Waals surface area contributed by atoms with Gasteiger partial charge in [0, 0.05) is 54.9 Å². The van der Waals surface area contributed by atoms with Crippen LogP contribution in [0.25, 0.3) is 87.8 Å². The minimum Gasteiger partial charge on any atom is -0.456 e. The molecule has 1 atom stereocenters. The Bertz CT molecular complexity index is 3560. The lowest BCUT2D eigenvalue weighted by atomic mass is 9.90. The number of rotatable bonds is 4. The molecule has 1 aliphatic heterocycles. The van der Waals surface area contributed by atoms with Crippen LogP contribution in [0.4, 0.5) is 0 Å². The lowest BCUT2D eigenvalue weighted by Crippen LogP contribution is -2.17. The molecule has 5 heteroatoms. The van der Waals surface area contributed by atoms with Gasteiger partial charge in [0.15, 0.2) is 5.84 Å². The van der Waals surface area contributed by atoms with Gasteiger partial charge >= 0.3 is 0 Å². The van der Waals surface area contributed by atoms with Gasteiger partial charge in [0.05, 0.1) is 28.1 Å². The number of benzene rings is 8. The van der Waals surface area contributed by atoms with E-state index >= 15 is 0 Å². The van der Waals surface area contributed by atoms with Crippen molar-refractivity contribution in [3.05, 3.63) is 193 Å². The highest BCUT2D eigenvalue weighted by Crippen LogP contribution is 2.43. The van der Waals surface area contributed by atoms with E-state index in [1.807, 2.05) is 30.3 Å². The second-order valence-electron chi connectivity index (χ2n) is 15.3. The topological polar surface area (TPSA) is 55.9 Å². The van der Waals surface area contributed by atoms with Crippen LogP contribution < -0.4 is 0 Å². The fraction of sp³-hybridized carbons (Fsp3) is 0.0566. The SMILES string of the molecule is CC1C/C=C(c2c(-n3c4ccccc4c4cc5ccccc5cc43)ccc3oc4ccccc4c23)/N=C(c2ccccc2)\N=C/1c1cccc2oc3ccccc3c12. The van der Waals surface area contributed by atoms with Gasteiger partial charge in [-0.2, -0.15) is 0 Å². The van der Waals surface area contributed by atoms with Gasteiger partial charge in [0.2, 0.25) is 0 Å². The van der Waals surface area contributed by atoms with E-state index in [9.17, 15) is 0 Å². The predicted molar refractivity (Wildman–Crippen MR) is 241 cm³/mol. The number of fused-ring (bicyclic) bond motifs is 10. The number of aliphatic imine (C=N–C) groups is 2. The summed E-state index contributed by atoms with van der Waals surface area (Å²) in [4.78, 5) is 11.2. The van der Waals surface area contributed by atoms with Gasteiger partial charge < -0.3 is 13.4 Å². The van der Waals surface area contributed by atoms with Crippen molar-refractivity contribution in [3.8, 4) is 5.69 Å². The quantitative estimate of drug-likeness (QED) is 0.180. The first-order valence-corrected chi connectivity index (χ1v) is 19.9. The largest absolute Gasteiger partial charge is 0.456 e. The molecule has 0 radical (unpaired) electrons. The number of para-hydroxylation sites is 3. The predicted octanol–water partition coefficient (Wildman–Crippen LogP) is 14.1. The van der Waals surface area contributed by atoms with Crippen LogP contribution in [0.15, 0.2) is 195 Å². The highest BCUT2D eigenvalue weighted by Gasteiger charge is 2.26. The fourth-order valence-electron chi connectivity index (χ4n) is 9.16. The molecule has 0 saturated heterocycles. The van der Waals surface area contributed by atoms with Crippen molar-refractivity contribution in [1.29, 1.82) is 0 Å². The van der Waals surface area contributed by atoms with E-state index in [0.29, 0.717) is 5.84 Å². The Morgan fingerprint density at radius 2 is 1.16 bits per heavy atom. The van der Waals surface area contributed by atoms with Crippen molar-refractivity contribution in [2.75, 3.05) is 0 Å². The van der Waals surface area contributed by atoms with E-state index in [0.717, 1.165) is 95.1 Å². The zero-order valence-electron chi connectivity index (χ0n) is 31.7. The zero-order valence-corrected chi connectivity index (χ0v) is 31.7. The highest BCUT2D eigenvalue weighted by atomic mass is 16.3. The van der Waals surface area contributed by atoms with E-state index in [1.165, 1.54) is 21.5 Å². The molecule has 0 fully saturated rings.